The Bertz CT molecular complexity index is 616. The first kappa shape index (κ1) is 14.0. The Morgan fingerprint density at radius 3 is 2.86 bits per heavy atom. The Balaban J connectivity index is 1.88. The molecule has 0 spiro atoms. The molecule has 1 saturated carbocycles. The van der Waals surface area contributed by atoms with Crippen LogP contribution >= 0.6 is 0 Å². The van der Waals surface area contributed by atoms with Gasteiger partial charge in [0.25, 0.3) is 5.91 Å². The van der Waals surface area contributed by atoms with Crippen LogP contribution in [0.25, 0.3) is 0 Å². The number of nitrogens with zero attached hydrogens (tertiary/aromatic N) is 1. The molecule has 2 fully saturated rings. The van der Waals surface area contributed by atoms with Crippen molar-refractivity contribution in [2.75, 3.05) is 13.1 Å². The number of fused-ring (bicyclic) bond motifs is 1. The monoisotopic (exact) mass is 291 g/mol. The van der Waals surface area contributed by atoms with Gasteiger partial charge < -0.3 is 10.0 Å². The van der Waals surface area contributed by atoms with E-state index in [0.717, 1.165) is 18.4 Å². The average Bonchev–Trinajstić information content (AvgIpc) is 2.98. The van der Waals surface area contributed by atoms with E-state index in [1.165, 1.54) is 17.0 Å². The Morgan fingerprint density at radius 2 is 2.19 bits per heavy atom. The van der Waals surface area contributed by atoms with Crippen LogP contribution in [-0.2, 0) is 4.79 Å². The first-order chi connectivity index (χ1) is 9.94. The third kappa shape index (κ3) is 2.11. The van der Waals surface area contributed by atoms with E-state index in [1.807, 2.05) is 0 Å². The number of aryl methyl sites for hydroxylation is 1. The van der Waals surface area contributed by atoms with Crippen LogP contribution < -0.4 is 0 Å². The van der Waals surface area contributed by atoms with Crippen molar-refractivity contribution < 1.29 is 19.1 Å². The molecule has 1 aliphatic heterocycles. The lowest BCUT2D eigenvalue weighted by atomic mass is 9.81. The molecular weight excluding hydrogens is 273 g/mol. The van der Waals surface area contributed by atoms with Crippen molar-refractivity contribution >= 4 is 11.9 Å². The summed E-state index contributed by atoms with van der Waals surface area (Å²) >= 11 is 0. The van der Waals surface area contributed by atoms with Crippen LogP contribution in [-0.4, -0.2) is 35.0 Å². The van der Waals surface area contributed by atoms with Gasteiger partial charge in [-0.05, 0) is 37.8 Å². The SMILES string of the molecule is Cc1ccc(F)c(C(=O)N2C[C@@H]3CCC[C@@]3(C(=O)O)C2)c1. The van der Waals surface area contributed by atoms with Gasteiger partial charge in [-0.25, -0.2) is 4.39 Å². The van der Waals surface area contributed by atoms with E-state index in [9.17, 15) is 19.1 Å². The van der Waals surface area contributed by atoms with Crippen LogP contribution in [0.5, 0.6) is 0 Å². The standard InChI is InChI=1S/C16H18FNO3/c1-10-4-5-13(17)12(7-10)14(19)18-8-11-3-2-6-16(11,9-18)15(20)21/h4-5,7,11H,2-3,6,8-9H2,1H3,(H,20,21)/t11-,16+/m0/s1. The Kier molecular flexibility index (Phi) is 3.23. The highest BCUT2D eigenvalue weighted by Gasteiger charge is 2.55. The minimum absolute atomic E-state index is 0.00757. The molecule has 21 heavy (non-hydrogen) atoms. The molecular formula is C16H18FNO3. The molecule has 0 aromatic heterocycles. The van der Waals surface area contributed by atoms with Gasteiger partial charge in [-0.2, -0.15) is 0 Å². The summed E-state index contributed by atoms with van der Waals surface area (Å²) in [7, 11) is 0. The smallest absolute Gasteiger partial charge is 0.311 e. The summed E-state index contributed by atoms with van der Waals surface area (Å²) in [5, 5.41) is 9.53. The molecule has 1 saturated heterocycles. The lowest BCUT2D eigenvalue weighted by molar-refractivity contribution is -0.149. The predicted molar refractivity (Wildman–Crippen MR) is 74.5 cm³/mol. The van der Waals surface area contributed by atoms with E-state index in [0.29, 0.717) is 13.0 Å². The number of likely N-dealkylation sites (tertiary alicyclic amines) is 1. The normalized spacial score (nSPS) is 27.7. The fourth-order valence-electron chi connectivity index (χ4n) is 3.77. The predicted octanol–water partition coefficient (Wildman–Crippen LogP) is 2.46. The zero-order valence-electron chi connectivity index (χ0n) is 11.9. The molecule has 1 aromatic rings. The molecule has 1 amide bonds. The van der Waals surface area contributed by atoms with Crippen molar-refractivity contribution in [1.82, 2.24) is 4.90 Å². The van der Waals surface area contributed by atoms with E-state index >= 15 is 0 Å². The Morgan fingerprint density at radius 1 is 1.43 bits per heavy atom. The second-order valence-electron chi connectivity index (χ2n) is 6.22. The van der Waals surface area contributed by atoms with Gasteiger partial charge in [0, 0.05) is 13.1 Å². The largest absolute Gasteiger partial charge is 0.481 e. The number of carboxylic acids is 1. The van der Waals surface area contributed by atoms with E-state index in [-0.39, 0.29) is 18.0 Å². The van der Waals surface area contributed by atoms with Gasteiger partial charge in [0.1, 0.15) is 5.82 Å². The van der Waals surface area contributed by atoms with Gasteiger partial charge in [0.05, 0.1) is 11.0 Å². The highest BCUT2D eigenvalue weighted by atomic mass is 19.1. The molecule has 0 radical (unpaired) electrons. The molecule has 0 bridgehead atoms. The second kappa shape index (κ2) is 4.83. The van der Waals surface area contributed by atoms with Gasteiger partial charge in [-0.3, -0.25) is 9.59 Å². The van der Waals surface area contributed by atoms with Crippen molar-refractivity contribution in [1.29, 1.82) is 0 Å². The fraction of sp³-hybridized carbons (Fsp3) is 0.500. The number of carboxylic acid groups (broad SMARTS) is 1. The topological polar surface area (TPSA) is 57.6 Å². The van der Waals surface area contributed by atoms with Gasteiger partial charge in [0.15, 0.2) is 0 Å². The Labute approximate surface area is 122 Å². The Hall–Kier alpha value is -1.91. The van der Waals surface area contributed by atoms with E-state index < -0.39 is 23.1 Å². The van der Waals surface area contributed by atoms with Crippen molar-refractivity contribution in [3.8, 4) is 0 Å². The van der Waals surface area contributed by atoms with E-state index in [4.69, 9.17) is 0 Å². The third-order valence-electron chi connectivity index (χ3n) is 4.94. The van der Waals surface area contributed by atoms with Crippen molar-refractivity contribution in [3.63, 3.8) is 0 Å². The summed E-state index contributed by atoms with van der Waals surface area (Å²) in [6.07, 6.45) is 2.32. The van der Waals surface area contributed by atoms with Crippen molar-refractivity contribution in [2.45, 2.75) is 26.2 Å². The van der Waals surface area contributed by atoms with Gasteiger partial charge >= 0.3 is 5.97 Å². The number of rotatable bonds is 2. The van der Waals surface area contributed by atoms with E-state index in [1.54, 1.807) is 13.0 Å². The van der Waals surface area contributed by atoms with Crippen LogP contribution in [0.2, 0.25) is 0 Å². The summed E-state index contributed by atoms with van der Waals surface area (Å²) in [6.45, 7) is 2.41. The van der Waals surface area contributed by atoms with E-state index in [2.05, 4.69) is 0 Å². The zero-order chi connectivity index (χ0) is 15.2. The molecule has 1 heterocycles. The highest BCUT2D eigenvalue weighted by molar-refractivity contribution is 5.95. The molecule has 2 aliphatic rings. The number of halogens is 1. The summed E-state index contributed by atoms with van der Waals surface area (Å²) < 4.78 is 13.9. The van der Waals surface area contributed by atoms with Gasteiger partial charge in [-0.1, -0.05) is 18.1 Å². The van der Waals surface area contributed by atoms with Crippen molar-refractivity contribution in [2.24, 2.45) is 11.3 Å². The zero-order valence-corrected chi connectivity index (χ0v) is 11.9. The maximum absolute atomic E-state index is 13.9. The van der Waals surface area contributed by atoms with Crippen LogP contribution in [0.15, 0.2) is 18.2 Å². The third-order valence-corrected chi connectivity index (χ3v) is 4.94. The van der Waals surface area contributed by atoms with Crippen LogP contribution in [0.4, 0.5) is 4.39 Å². The maximum atomic E-state index is 13.9. The lowest BCUT2D eigenvalue weighted by Gasteiger charge is -2.23. The highest BCUT2D eigenvalue weighted by Crippen LogP contribution is 2.49. The van der Waals surface area contributed by atoms with Gasteiger partial charge in [0.2, 0.25) is 0 Å². The molecule has 4 nitrogen and oxygen atoms in total. The number of hydrogen-bond acceptors (Lipinski definition) is 2. The molecule has 0 unspecified atom stereocenters. The maximum Gasteiger partial charge on any atom is 0.311 e. The molecule has 1 aliphatic carbocycles. The minimum atomic E-state index is -0.829. The molecule has 112 valence electrons. The lowest BCUT2D eigenvalue weighted by Crippen LogP contribution is -2.37. The summed E-state index contributed by atoms with van der Waals surface area (Å²) in [5.41, 5.74) is 0.0262. The molecule has 2 atom stereocenters. The quantitative estimate of drug-likeness (QED) is 0.910. The molecule has 5 heteroatoms. The fourth-order valence-corrected chi connectivity index (χ4v) is 3.77. The van der Waals surface area contributed by atoms with Crippen LogP contribution in [0.1, 0.15) is 35.2 Å². The molecule has 1 N–H and O–H groups in total. The first-order valence-corrected chi connectivity index (χ1v) is 7.23. The molecule has 1 aromatic carbocycles. The first-order valence-electron chi connectivity index (χ1n) is 7.23. The van der Waals surface area contributed by atoms with Gasteiger partial charge in [-0.15, -0.1) is 0 Å². The number of benzene rings is 1. The molecule has 3 rings (SSSR count). The van der Waals surface area contributed by atoms with Crippen LogP contribution in [0.3, 0.4) is 0 Å². The summed E-state index contributed by atoms with van der Waals surface area (Å²) in [5.74, 6) is -1.78. The number of carbonyl (C=O) groups is 2. The summed E-state index contributed by atoms with van der Waals surface area (Å²) in [6, 6.07) is 4.43. The summed E-state index contributed by atoms with van der Waals surface area (Å²) in [4.78, 5) is 25.6. The number of aliphatic carboxylic acids is 1. The average molecular weight is 291 g/mol. The van der Waals surface area contributed by atoms with Crippen molar-refractivity contribution in [3.05, 3.63) is 35.1 Å². The second-order valence-corrected chi connectivity index (χ2v) is 6.22. The number of hydrogen-bond donors (Lipinski definition) is 1. The van der Waals surface area contributed by atoms with Crippen LogP contribution in [0, 0.1) is 24.1 Å². The number of amides is 1. The minimum Gasteiger partial charge on any atom is -0.481 e. The number of carbonyl (C=O) groups excluding carboxylic acids is 1.